The van der Waals surface area contributed by atoms with Gasteiger partial charge in [-0.1, -0.05) is 90.5 Å². The Morgan fingerprint density at radius 1 is 0.822 bits per heavy atom. The lowest BCUT2D eigenvalue weighted by Gasteiger charge is -2.54. The first-order valence-electron chi connectivity index (χ1n) is 14.2. The molecule has 1 aliphatic heterocycles. The summed E-state index contributed by atoms with van der Waals surface area (Å²) in [6.07, 6.45) is -0.0518. The second-order valence-electron chi connectivity index (χ2n) is 11.4. The van der Waals surface area contributed by atoms with Crippen molar-refractivity contribution < 1.29 is 24.0 Å². The molecule has 1 heterocycles. The van der Waals surface area contributed by atoms with E-state index in [4.69, 9.17) is 39.5 Å². The van der Waals surface area contributed by atoms with Gasteiger partial charge < -0.3 is 4.74 Å². The lowest BCUT2D eigenvalue weighted by Crippen LogP contribution is -2.57. The lowest BCUT2D eigenvalue weighted by molar-refractivity contribution is -0.385. The number of amides is 2. The number of nitrogens with zero attached hydrogens (tertiary/aromatic N) is 2. The van der Waals surface area contributed by atoms with Crippen LogP contribution < -0.4 is 0 Å². The molecule has 4 aliphatic rings. The van der Waals surface area contributed by atoms with Gasteiger partial charge in [-0.25, -0.2) is 4.79 Å². The Bertz CT molecular complexity index is 1790. The smallest absolute Gasteiger partial charge is 0.330 e. The van der Waals surface area contributed by atoms with Gasteiger partial charge >= 0.3 is 5.97 Å². The molecule has 8 nitrogen and oxygen atoms in total. The maximum Gasteiger partial charge on any atom is 0.330 e. The molecule has 0 unspecified atom stereocenters. The maximum atomic E-state index is 14.5. The van der Waals surface area contributed by atoms with Gasteiger partial charge in [0.1, 0.15) is 22.4 Å². The van der Waals surface area contributed by atoms with Crippen molar-refractivity contribution in [2.75, 3.05) is 0 Å². The highest BCUT2D eigenvalue weighted by Gasteiger charge is 2.73. The van der Waals surface area contributed by atoms with Gasteiger partial charge in [0, 0.05) is 17.5 Å². The van der Waals surface area contributed by atoms with Crippen LogP contribution in [0.5, 0.6) is 0 Å². The number of likely N-dealkylation sites (tertiary alicyclic amines) is 1. The molecule has 0 aromatic heterocycles. The van der Waals surface area contributed by atoms with Crippen molar-refractivity contribution in [3.05, 3.63) is 146 Å². The lowest BCUT2D eigenvalue weighted by atomic mass is 9.54. The van der Waals surface area contributed by atoms with Gasteiger partial charge in [0.15, 0.2) is 0 Å². The van der Waals surface area contributed by atoms with Crippen LogP contribution in [0.25, 0.3) is 0 Å². The molecule has 0 N–H and O–H groups in total. The highest BCUT2D eigenvalue weighted by atomic mass is 35.5. The fourth-order valence-electron chi connectivity index (χ4n) is 7.19. The molecule has 226 valence electrons. The van der Waals surface area contributed by atoms with Crippen LogP contribution in [0.1, 0.15) is 33.4 Å². The number of rotatable bonds is 7. The highest BCUT2D eigenvalue weighted by molar-refractivity contribution is 6.36. The van der Waals surface area contributed by atoms with E-state index in [1.165, 1.54) is 12.1 Å². The van der Waals surface area contributed by atoms with Crippen molar-refractivity contribution in [3.63, 3.8) is 0 Å². The number of benzene rings is 4. The van der Waals surface area contributed by atoms with E-state index in [2.05, 4.69) is 0 Å². The van der Waals surface area contributed by atoms with E-state index < -0.39 is 56.9 Å². The first-order valence-corrected chi connectivity index (χ1v) is 15.3. The van der Waals surface area contributed by atoms with Crippen molar-refractivity contribution in [2.45, 2.75) is 28.8 Å². The summed E-state index contributed by atoms with van der Waals surface area (Å²) in [5.41, 5.74) is 3.01. The fourth-order valence-corrected chi connectivity index (χ4v) is 8.45. The zero-order valence-corrected chi connectivity index (χ0v) is 25.6. The minimum absolute atomic E-state index is 0.0518. The third-order valence-corrected chi connectivity index (χ3v) is 10.6. The molecule has 0 saturated carbocycles. The van der Waals surface area contributed by atoms with Crippen LogP contribution in [0.3, 0.4) is 0 Å². The van der Waals surface area contributed by atoms with E-state index in [-0.39, 0.29) is 22.7 Å². The second-order valence-corrected chi connectivity index (χ2v) is 13.0. The number of ether oxygens (including phenoxy) is 1. The normalized spacial score (nSPS) is 24.9. The Hall–Kier alpha value is -4.24. The average molecular weight is 662 g/mol. The molecule has 3 atom stereocenters. The molecule has 1 fully saturated rings. The largest absolute Gasteiger partial charge is 0.459 e. The quantitative estimate of drug-likeness (QED) is 0.0737. The summed E-state index contributed by atoms with van der Waals surface area (Å²) in [5.74, 6) is -4.37. The maximum absolute atomic E-state index is 14.5. The van der Waals surface area contributed by atoms with Gasteiger partial charge in [0.25, 0.3) is 5.69 Å². The summed E-state index contributed by atoms with van der Waals surface area (Å²) in [4.78, 5) is 52.1. The molecule has 8 rings (SSSR count). The summed E-state index contributed by atoms with van der Waals surface area (Å²) in [7, 11) is 0. The predicted molar refractivity (Wildman–Crippen MR) is 167 cm³/mol. The zero-order valence-electron chi connectivity index (χ0n) is 23.4. The predicted octanol–water partition coefficient (Wildman–Crippen LogP) is 6.50. The number of halogens is 3. The van der Waals surface area contributed by atoms with Crippen LogP contribution in [0.15, 0.2) is 97.1 Å². The van der Waals surface area contributed by atoms with E-state index in [9.17, 15) is 24.5 Å². The molecule has 3 aliphatic carbocycles. The molecular weight excluding hydrogens is 639 g/mol. The van der Waals surface area contributed by atoms with Crippen LogP contribution in [0.2, 0.25) is 5.02 Å². The van der Waals surface area contributed by atoms with E-state index in [1.54, 1.807) is 30.3 Å². The number of carbonyl (C=O) groups is 3. The average Bonchev–Trinajstić information content (AvgIpc) is 3.32. The third-order valence-electron chi connectivity index (χ3n) is 9.09. The summed E-state index contributed by atoms with van der Waals surface area (Å²) in [6, 6.07) is 26.0. The van der Waals surface area contributed by atoms with Crippen molar-refractivity contribution in [2.24, 2.45) is 11.8 Å². The van der Waals surface area contributed by atoms with Crippen molar-refractivity contribution in [1.82, 2.24) is 4.90 Å². The third kappa shape index (κ3) is 4.23. The fraction of sp³-hybridized carbons (Fsp3) is 0.206. The minimum atomic E-state index is -1.42. The molecule has 0 radical (unpaired) electrons. The van der Waals surface area contributed by atoms with Crippen LogP contribution in [-0.4, -0.2) is 33.6 Å². The minimum Gasteiger partial charge on any atom is -0.459 e. The Balaban J connectivity index is 1.31. The number of alkyl halides is 2. The molecule has 4 aromatic carbocycles. The number of carbonyl (C=O) groups excluding carboxylic acids is 3. The van der Waals surface area contributed by atoms with Gasteiger partial charge in [-0.05, 0) is 39.9 Å². The highest BCUT2D eigenvalue weighted by Crippen LogP contribution is 2.69. The Kier molecular flexibility index (Phi) is 7.00. The molecular formula is C34H23Cl3N2O6. The number of hydrogen-bond acceptors (Lipinski definition) is 6. The van der Waals surface area contributed by atoms with E-state index >= 15 is 0 Å². The Morgan fingerprint density at radius 3 is 1.80 bits per heavy atom. The monoisotopic (exact) mass is 660 g/mol. The van der Waals surface area contributed by atoms with Crippen LogP contribution >= 0.6 is 34.8 Å². The standard InChI is InChI=1S/C34H23Cl3N2O6/c35-21-15-14-20(26(17-21)39(43)44)18-45-32(42)27(16-19-8-2-1-3-9-19)38-30(40)28-29(31(38)41)34(37)23-11-5-4-10-22(23)33(28,36)24-12-6-7-13-25(24)34/h1-15,17,27-29H,16,18H2/t27-,28-,29+,33?,34?/m0/s1. The number of nitro benzene ring substituents is 1. The molecule has 4 aromatic rings. The number of esters is 1. The van der Waals surface area contributed by atoms with Gasteiger partial charge in [0.05, 0.1) is 22.3 Å². The summed E-state index contributed by atoms with van der Waals surface area (Å²) >= 11 is 21.0. The molecule has 1 saturated heterocycles. The van der Waals surface area contributed by atoms with Crippen LogP contribution in [-0.2, 0) is 41.9 Å². The van der Waals surface area contributed by atoms with E-state index in [0.717, 1.165) is 11.0 Å². The molecule has 0 spiro atoms. The number of imide groups is 1. The van der Waals surface area contributed by atoms with Crippen molar-refractivity contribution in [1.29, 1.82) is 0 Å². The van der Waals surface area contributed by atoms with Gasteiger partial charge in [-0.2, -0.15) is 0 Å². The molecule has 45 heavy (non-hydrogen) atoms. The number of hydrogen-bond donors (Lipinski definition) is 0. The van der Waals surface area contributed by atoms with E-state index in [0.29, 0.717) is 27.8 Å². The molecule has 2 amide bonds. The Labute approximate surface area is 272 Å². The van der Waals surface area contributed by atoms with Crippen molar-refractivity contribution >= 4 is 58.3 Å². The summed E-state index contributed by atoms with van der Waals surface area (Å²) < 4.78 is 5.60. The SMILES string of the molecule is O=C(OCc1ccc(Cl)cc1[N+](=O)[O-])[C@H](Cc1ccccc1)N1C(=O)[C@@H]2[C@H](C1=O)C1(Cl)c3ccccc3C2(Cl)c2ccccc21. The van der Waals surface area contributed by atoms with Crippen LogP contribution in [0, 0.1) is 22.0 Å². The molecule has 11 heteroatoms. The molecule has 2 bridgehead atoms. The van der Waals surface area contributed by atoms with Gasteiger partial charge in [0.2, 0.25) is 11.8 Å². The zero-order chi connectivity index (χ0) is 31.7. The van der Waals surface area contributed by atoms with Gasteiger partial charge in [-0.3, -0.25) is 24.6 Å². The summed E-state index contributed by atoms with van der Waals surface area (Å²) in [6.45, 7) is -0.476. The number of nitro groups is 1. The Morgan fingerprint density at radius 2 is 1.31 bits per heavy atom. The topological polar surface area (TPSA) is 107 Å². The van der Waals surface area contributed by atoms with Crippen molar-refractivity contribution in [3.8, 4) is 0 Å². The van der Waals surface area contributed by atoms with Gasteiger partial charge in [-0.15, -0.1) is 23.2 Å². The van der Waals surface area contributed by atoms with E-state index in [1.807, 2.05) is 48.5 Å². The van der Waals surface area contributed by atoms with Crippen LogP contribution in [0.4, 0.5) is 5.69 Å². The first-order chi connectivity index (χ1) is 21.6. The second kappa shape index (κ2) is 10.7. The summed E-state index contributed by atoms with van der Waals surface area (Å²) in [5, 5.41) is 11.8. The first kappa shape index (κ1) is 29.5.